The summed E-state index contributed by atoms with van der Waals surface area (Å²) >= 11 is 4.64. The second-order valence-corrected chi connectivity index (χ2v) is 1.00. The van der Waals surface area contributed by atoms with Crippen LogP contribution in [0, 0.1) is 0 Å². The first-order chi connectivity index (χ1) is 1.73. The minimum absolute atomic E-state index is 0. The molecule has 0 heterocycles. The molecular formula is C2H4ClFO. The molecule has 0 rings (SSSR count). The van der Waals surface area contributed by atoms with Crippen LogP contribution in [0.15, 0.2) is 0 Å². The Labute approximate surface area is 34.3 Å². The van der Waals surface area contributed by atoms with Crippen molar-refractivity contribution in [1.82, 2.24) is 0 Å². The normalized spacial score (nSPS) is 5.20. The summed E-state index contributed by atoms with van der Waals surface area (Å²) in [5, 5.41) is -0.361. The zero-order chi connectivity index (χ0) is 3.58. The van der Waals surface area contributed by atoms with E-state index in [4.69, 9.17) is 0 Å². The van der Waals surface area contributed by atoms with E-state index in [0.29, 0.717) is 0 Å². The lowest BCUT2D eigenvalue weighted by Crippen LogP contribution is -1.62. The number of hydrogen-bond acceptors (Lipinski definition) is 1. The number of carbonyl (C=O) groups excluding carboxylic acids is 1. The highest BCUT2D eigenvalue weighted by atomic mass is 35.5. The Morgan fingerprint density at radius 1 is 1.80 bits per heavy atom. The van der Waals surface area contributed by atoms with Crippen LogP contribution in [0.4, 0.5) is 4.70 Å². The van der Waals surface area contributed by atoms with Gasteiger partial charge in [0.05, 0.1) is 0 Å². The van der Waals surface area contributed by atoms with Crippen LogP contribution in [0.25, 0.3) is 0 Å². The standard InChI is InChI=1S/C2H3ClO.FH/c1-2(3)4;/h1H3;1H. The van der Waals surface area contributed by atoms with Crippen LogP contribution in [0.1, 0.15) is 6.92 Å². The monoisotopic (exact) mass is 98.0 g/mol. The lowest BCUT2D eigenvalue weighted by Gasteiger charge is -1.52. The van der Waals surface area contributed by atoms with Crippen molar-refractivity contribution in [3.8, 4) is 0 Å². The van der Waals surface area contributed by atoms with Gasteiger partial charge in [-0.1, -0.05) is 0 Å². The van der Waals surface area contributed by atoms with Gasteiger partial charge in [-0.25, -0.2) is 0 Å². The van der Waals surface area contributed by atoms with E-state index in [0.717, 1.165) is 0 Å². The molecule has 0 bridgehead atoms. The van der Waals surface area contributed by atoms with Crippen molar-refractivity contribution >= 4 is 16.8 Å². The third kappa shape index (κ3) is 1150. The maximum Gasteiger partial charge on any atom is 0.218 e. The van der Waals surface area contributed by atoms with E-state index in [1.54, 1.807) is 0 Å². The Balaban J connectivity index is 0. The molecule has 0 aliphatic rings. The summed E-state index contributed by atoms with van der Waals surface area (Å²) in [5.74, 6) is 0. The van der Waals surface area contributed by atoms with E-state index < -0.39 is 0 Å². The summed E-state index contributed by atoms with van der Waals surface area (Å²) in [6.07, 6.45) is 0. The zero-order valence-electron chi connectivity index (χ0n) is 2.69. The molecule has 0 fully saturated rings. The first-order valence-electron chi connectivity index (χ1n) is 0.893. The zero-order valence-corrected chi connectivity index (χ0v) is 3.45. The van der Waals surface area contributed by atoms with Crippen molar-refractivity contribution in [3.05, 3.63) is 0 Å². The highest BCUT2D eigenvalue weighted by Crippen LogP contribution is 1.67. The van der Waals surface area contributed by atoms with Crippen LogP contribution in [-0.2, 0) is 4.79 Å². The molecule has 0 radical (unpaired) electrons. The topological polar surface area (TPSA) is 17.1 Å². The van der Waals surface area contributed by atoms with E-state index in [9.17, 15) is 4.79 Å². The van der Waals surface area contributed by atoms with Crippen LogP contribution in [-0.4, -0.2) is 5.24 Å². The SMILES string of the molecule is CC(=O)Cl.F. The number of halogens is 2. The molecule has 5 heavy (non-hydrogen) atoms. The molecule has 0 spiro atoms. The number of hydrogen-bond donors (Lipinski definition) is 0. The highest BCUT2D eigenvalue weighted by molar-refractivity contribution is 6.62. The summed E-state index contributed by atoms with van der Waals surface area (Å²) in [6, 6.07) is 0. The van der Waals surface area contributed by atoms with E-state index in [2.05, 4.69) is 11.6 Å². The largest absolute Gasteiger partial charge is 0.282 e. The van der Waals surface area contributed by atoms with Crippen LogP contribution < -0.4 is 0 Å². The van der Waals surface area contributed by atoms with Gasteiger partial charge in [-0.05, 0) is 11.6 Å². The fourth-order valence-electron chi connectivity index (χ4n) is 0. The van der Waals surface area contributed by atoms with Crippen LogP contribution in [0.5, 0.6) is 0 Å². The van der Waals surface area contributed by atoms with Gasteiger partial charge >= 0.3 is 0 Å². The molecule has 0 N–H and O–H groups in total. The second-order valence-electron chi connectivity index (χ2n) is 0.470. The summed E-state index contributed by atoms with van der Waals surface area (Å²) in [5.41, 5.74) is 0. The van der Waals surface area contributed by atoms with Gasteiger partial charge in [-0.15, -0.1) is 0 Å². The number of rotatable bonds is 0. The summed E-state index contributed by atoms with van der Waals surface area (Å²) in [4.78, 5) is 9.21. The van der Waals surface area contributed by atoms with Crippen molar-refractivity contribution in [2.45, 2.75) is 6.92 Å². The fraction of sp³-hybridized carbons (Fsp3) is 0.500. The molecule has 0 aliphatic heterocycles. The summed E-state index contributed by atoms with van der Waals surface area (Å²) < 4.78 is 0. The molecule has 0 amide bonds. The first-order valence-corrected chi connectivity index (χ1v) is 1.27. The predicted molar refractivity (Wildman–Crippen MR) is 19.0 cm³/mol. The van der Waals surface area contributed by atoms with Crippen molar-refractivity contribution in [2.75, 3.05) is 0 Å². The van der Waals surface area contributed by atoms with E-state index in [-0.39, 0.29) is 9.95 Å². The Morgan fingerprint density at radius 3 is 1.80 bits per heavy atom. The van der Waals surface area contributed by atoms with E-state index in [1.165, 1.54) is 6.92 Å². The quantitative estimate of drug-likeness (QED) is 0.412. The van der Waals surface area contributed by atoms with Crippen LogP contribution in [0.3, 0.4) is 0 Å². The average Bonchev–Trinajstić information content (AvgIpc) is 0.811. The third-order valence-corrected chi connectivity index (χ3v) is 0. The van der Waals surface area contributed by atoms with Gasteiger partial charge in [0.25, 0.3) is 0 Å². The maximum absolute atomic E-state index is 9.21. The van der Waals surface area contributed by atoms with Gasteiger partial charge in [0, 0.05) is 6.92 Å². The van der Waals surface area contributed by atoms with Crippen molar-refractivity contribution < 1.29 is 9.50 Å². The maximum atomic E-state index is 9.21. The van der Waals surface area contributed by atoms with E-state index in [1.807, 2.05) is 0 Å². The molecule has 0 aromatic rings. The Morgan fingerprint density at radius 2 is 1.80 bits per heavy atom. The molecular weight excluding hydrogens is 94.5 g/mol. The molecule has 0 saturated heterocycles. The van der Waals surface area contributed by atoms with Gasteiger partial charge in [-0.2, -0.15) is 0 Å². The molecule has 0 aromatic carbocycles. The third-order valence-electron chi connectivity index (χ3n) is 0. The van der Waals surface area contributed by atoms with Gasteiger partial charge < -0.3 is 0 Å². The van der Waals surface area contributed by atoms with Gasteiger partial charge in [0.2, 0.25) is 5.24 Å². The average molecular weight is 98.5 g/mol. The highest BCUT2D eigenvalue weighted by Gasteiger charge is 1.67. The molecule has 32 valence electrons. The first kappa shape index (κ1) is 8.86. The van der Waals surface area contributed by atoms with Crippen LogP contribution >= 0.6 is 11.6 Å². The Hall–Kier alpha value is -0.110. The van der Waals surface area contributed by atoms with Gasteiger partial charge in [0.15, 0.2) is 0 Å². The molecule has 1 nitrogen and oxygen atoms in total. The minimum atomic E-state index is -0.361. The van der Waals surface area contributed by atoms with Gasteiger partial charge in [-0.3, -0.25) is 9.50 Å². The summed E-state index contributed by atoms with van der Waals surface area (Å²) in [7, 11) is 0. The van der Waals surface area contributed by atoms with Crippen molar-refractivity contribution in [1.29, 1.82) is 0 Å². The second kappa shape index (κ2) is 3.89. The smallest absolute Gasteiger partial charge is 0.218 e. The number of carbonyl (C=O) groups is 1. The minimum Gasteiger partial charge on any atom is -0.282 e. The molecule has 0 aromatic heterocycles. The molecule has 0 atom stereocenters. The predicted octanol–water partition coefficient (Wildman–Crippen LogP) is 0.924. The molecule has 3 heteroatoms. The van der Waals surface area contributed by atoms with E-state index >= 15 is 0 Å². The summed E-state index contributed by atoms with van der Waals surface area (Å²) in [6.45, 7) is 1.29. The van der Waals surface area contributed by atoms with Crippen LogP contribution in [0.2, 0.25) is 0 Å². The van der Waals surface area contributed by atoms with Crippen molar-refractivity contribution in [2.24, 2.45) is 0 Å². The molecule has 0 saturated carbocycles. The lowest BCUT2D eigenvalue weighted by atomic mass is 10.9. The Kier molecular flexibility index (Phi) is 6.89. The fourth-order valence-corrected chi connectivity index (χ4v) is 0. The lowest BCUT2D eigenvalue weighted by molar-refractivity contribution is -0.109. The Bertz CT molecular complexity index is 32.6. The molecule has 0 unspecified atom stereocenters. The molecule has 0 aliphatic carbocycles. The van der Waals surface area contributed by atoms with Gasteiger partial charge in [0.1, 0.15) is 0 Å². The van der Waals surface area contributed by atoms with Crippen molar-refractivity contribution in [3.63, 3.8) is 0 Å².